The summed E-state index contributed by atoms with van der Waals surface area (Å²) in [7, 11) is 0. The fourth-order valence-corrected chi connectivity index (χ4v) is 4.80. The molecule has 0 radical (unpaired) electrons. The molecule has 3 unspecified atom stereocenters. The maximum Gasteiger partial charge on any atom is 0.408 e. The average Bonchev–Trinajstić information content (AvgIpc) is 3.78. The molecule has 0 aliphatic heterocycles. The molecule has 44 heavy (non-hydrogen) atoms. The second kappa shape index (κ2) is 14.7. The number of thiol groups is 1. The maximum absolute atomic E-state index is 14.3. The first kappa shape index (κ1) is 34.5. The fourth-order valence-electron chi connectivity index (χ4n) is 4.55. The Bertz CT molecular complexity index is 1350. The van der Waals surface area contributed by atoms with Crippen LogP contribution in [-0.2, 0) is 30.3 Å². The van der Waals surface area contributed by atoms with Gasteiger partial charge in [-0.1, -0.05) is 48.4 Å². The summed E-state index contributed by atoms with van der Waals surface area (Å²) < 4.78 is 11.0. The number of benzene rings is 2. The van der Waals surface area contributed by atoms with Gasteiger partial charge in [-0.15, -0.1) is 6.42 Å². The van der Waals surface area contributed by atoms with Crippen LogP contribution >= 0.6 is 12.6 Å². The van der Waals surface area contributed by atoms with Gasteiger partial charge in [-0.3, -0.25) is 9.59 Å². The molecule has 1 saturated carbocycles. The molecule has 0 saturated heterocycles. The van der Waals surface area contributed by atoms with E-state index in [4.69, 9.17) is 15.9 Å². The lowest BCUT2D eigenvalue weighted by atomic mass is 9.99. The van der Waals surface area contributed by atoms with Gasteiger partial charge < -0.3 is 25.0 Å². The zero-order valence-electron chi connectivity index (χ0n) is 26.3. The molecule has 3 atom stereocenters. The highest BCUT2D eigenvalue weighted by molar-refractivity contribution is 7.80. The minimum absolute atomic E-state index is 0.0276. The lowest BCUT2D eigenvalue weighted by Gasteiger charge is -2.35. The lowest BCUT2D eigenvalue weighted by Crippen LogP contribution is -2.56. The Morgan fingerprint density at radius 1 is 0.909 bits per heavy atom. The van der Waals surface area contributed by atoms with Gasteiger partial charge in [0.25, 0.3) is 0 Å². The second-order valence-corrected chi connectivity index (χ2v) is 13.2. The van der Waals surface area contributed by atoms with E-state index >= 15 is 0 Å². The molecule has 3 amide bonds. The Morgan fingerprint density at radius 2 is 1.50 bits per heavy atom. The minimum Gasteiger partial charge on any atom is -0.458 e. The first-order valence-electron chi connectivity index (χ1n) is 14.7. The number of terminal acetylenes is 1. The smallest absolute Gasteiger partial charge is 0.408 e. The number of ether oxygens (including phenoxy) is 2. The van der Waals surface area contributed by atoms with E-state index in [-0.39, 0.29) is 18.2 Å². The lowest BCUT2D eigenvalue weighted by molar-refractivity contribution is -0.159. The van der Waals surface area contributed by atoms with Crippen molar-refractivity contribution in [2.75, 3.05) is 5.75 Å². The van der Waals surface area contributed by atoms with Crippen LogP contribution in [0.15, 0.2) is 54.6 Å². The van der Waals surface area contributed by atoms with Gasteiger partial charge in [0, 0.05) is 23.8 Å². The van der Waals surface area contributed by atoms with Crippen molar-refractivity contribution in [3.63, 3.8) is 0 Å². The number of esters is 1. The largest absolute Gasteiger partial charge is 0.458 e. The highest BCUT2D eigenvalue weighted by Crippen LogP contribution is 2.36. The highest BCUT2D eigenvalue weighted by Gasteiger charge is 2.44. The number of nitrogens with one attached hydrogen (secondary N) is 2. The number of hydrogen-bond acceptors (Lipinski definition) is 7. The monoisotopic (exact) mass is 621 g/mol. The summed E-state index contributed by atoms with van der Waals surface area (Å²) in [6, 6.07) is 12.6. The molecule has 0 heterocycles. The zero-order chi connectivity index (χ0) is 32.7. The van der Waals surface area contributed by atoms with Crippen molar-refractivity contribution in [2.24, 2.45) is 0 Å². The molecule has 1 fully saturated rings. The van der Waals surface area contributed by atoms with Gasteiger partial charge >= 0.3 is 12.1 Å². The number of amides is 3. The van der Waals surface area contributed by atoms with Crippen LogP contribution in [0.2, 0.25) is 0 Å². The van der Waals surface area contributed by atoms with Crippen LogP contribution in [0.3, 0.4) is 0 Å². The zero-order valence-corrected chi connectivity index (χ0v) is 27.1. The van der Waals surface area contributed by atoms with Gasteiger partial charge in [0.05, 0.1) is 0 Å². The normalized spacial score (nSPS) is 15.1. The molecule has 2 aromatic rings. The molecular formula is C34H43N3O6S. The number of carbonyl (C=O) groups excluding carboxylic acids is 4. The number of hydrogen-bond donors (Lipinski definition) is 3. The number of carbonyl (C=O) groups is 4. The van der Waals surface area contributed by atoms with Crippen LogP contribution in [0.5, 0.6) is 0 Å². The quantitative estimate of drug-likeness (QED) is 0.192. The van der Waals surface area contributed by atoms with E-state index in [9.17, 15) is 19.2 Å². The van der Waals surface area contributed by atoms with Gasteiger partial charge in [-0.25, -0.2) is 9.59 Å². The van der Waals surface area contributed by atoms with Crippen molar-refractivity contribution < 1.29 is 28.7 Å². The van der Waals surface area contributed by atoms with Gasteiger partial charge in [-0.05, 0) is 77.6 Å². The first-order chi connectivity index (χ1) is 20.6. The first-order valence-corrected chi connectivity index (χ1v) is 15.3. The van der Waals surface area contributed by atoms with Crippen LogP contribution < -0.4 is 10.6 Å². The van der Waals surface area contributed by atoms with E-state index in [2.05, 4.69) is 29.2 Å². The summed E-state index contributed by atoms with van der Waals surface area (Å²) in [5.74, 6) is 0.872. The van der Waals surface area contributed by atoms with Crippen molar-refractivity contribution in [1.29, 1.82) is 0 Å². The Balaban J connectivity index is 2.00. The molecule has 236 valence electrons. The van der Waals surface area contributed by atoms with Gasteiger partial charge in [0.1, 0.15) is 29.3 Å². The van der Waals surface area contributed by atoms with Crippen molar-refractivity contribution >= 4 is 36.5 Å². The molecule has 0 spiro atoms. The minimum atomic E-state index is -1.13. The third-order valence-corrected chi connectivity index (χ3v) is 6.94. The predicted molar refractivity (Wildman–Crippen MR) is 172 cm³/mol. The molecule has 0 aromatic heterocycles. The second-order valence-electron chi connectivity index (χ2n) is 12.8. The predicted octanol–water partition coefficient (Wildman–Crippen LogP) is 4.59. The van der Waals surface area contributed by atoms with E-state index in [1.807, 2.05) is 30.3 Å². The molecule has 3 rings (SSSR count). The average molecular weight is 622 g/mol. The molecule has 0 bridgehead atoms. The Labute approximate surface area is 265 Å². The van der Waals surface area contributed by atoms with Crippen molar-refractivity contribution in [2.45, 2.75) is 96.2 Å². The Hall–Kier alpha value is -3.97. The third kappa shape index (κ3) is 10.3. The maximum atomic E-state index is 14.3. The van der Waals surface area contributed by atoms with Gasteiger partial charge in [0.15, 0.2) is 0 Å². The molecule has 10 heteroatoms. The van der Waals surface area contributed by atoms with Crippen LogP contribution in [-0.4, -0.2) is 63.9 Å². The van der Waals surface area contributed by atoms with E-state index in [1.165, 1.54) is 4.90 Å². The summed E-state index contributed by atoms with van der Waals surface area (Å²) in [5, 5.41) is 5.49. The van der Waals surface area contributed by atoms with Crippen LogP contribution in [0.4, 0.5) is 4.79 Å². The van der Waals surface area contributed by atoms with Crippen molar-refractivity contribution in [3.8, 4) is 12.3 Å². The van der Waals surface area contributed by atoms with Crippen LogP contribution in [0.25, 0.3) is 0 Å². The third-order valence-electron chi connectivity index (χ3n) is 6.58. The number of rotatable bonds is 11. The topological polar surface area (TPSA) is 114 Å². The van der Waals surface area contributed by atoms with Crippen molar-refractivity contribution in [1.82, 2.24) is 15.5 Å². The summed E-state index contributed by atoms with van der Waals surface area (Å²) >= 11 is 4.33. The van der Waals surface area contributed by atoms with E-state index in [0.717, 1.165) is 5.56 Å². The highest BCUT2D eigenvalue weighted by atomic mass is 32.1. The molecule has 2 aromatic carbocycles. The fraction of sp³-hybridized carbons (Fsp3) is 0.471. The number of alkyl carbamates (subject to hydrolysis) is 1. The molecule has 1 aliphatic carbocycles. The Morgan fingerprint density at radius 3 is 2.00 bits per heavy atom. The summed E-state index contributed by atoms with van der Waals surface area (Å²) in [6.45, 7) is 10.4. The summed E-state index contributed by atoms with van der Waals surface area (Å²) in [5.41, 5.74) is 0.364. The van der Waals surface area contributed by atoms with E-state index in [0.29, 0.717) is 24.0 Å². The summed E-state index contributed by atoms with van der Waals surface area (Å²) in [6.07, 6.45) is 6.32. The van der Waals surface area contributed by atoms with Crippen LogP contribution in [0.1, 0.15) is 77.1 Å². The van der Waals surface area contributed by atoms with Gasteiger partial charge in [0.2, 0.25) is 11.8 Å². The van der Waals surface area contributed by atoms with E-state index in [1.54, 1.807) is 65.8 Å². The SMILES string of the molecule is C#Cc1ccc(C(C(=O)NC(Cc2ccccc2)C(=O)OC(C)(C)C)N(C(=O)C(CS)NC(=O)OC(C)(C)C)C2CC2)cc1. The molecule has 1 aliphatic rings. The molecular weight excluding hydrogens is 578 g/mol. The van der Waals surface area contributed by atoms with Gasteiger partial charge in [-0.2, -0.15) is 12.6 Å². The summed E-state index contributed by atoms with van der Waals surface area (Å²) in [4.78, 5) is 55.8. The Kier molecular flexibility index (Phi) is 11.5. The van der Waals surface area contributed by atoms with Crippen molar-refractivity contribution in [3.05, 3.63) is 71.3 Å². The van der Waals surface area contributed by atoms with Crippen LogP contribution in [0, 0.1) is 12.3 Å². The molecule has 9 nitrogen and oxygen atoms in total. The standard InChI is InChI=1S/C34H43N3O6S/c1-8-22-14-16-24(17-15-22)28(37(25-18-19-25)30(39)27(21-44)36-32(41)43-34(5,6)7)29(38)35-26(31(40)42-33(2,3)4)20-23-12-10-9-11-13-23/h1,9-17,25-28,44H,18-21H2,2-7H3,(H,35,38)(H,36,41). The molecule has 2 N–H and O–H groups in total. The number of nitrogens with zero attached hydrogens (tertiary/aromatic N) is 1. The van der Waals surface area contributed by atoms with E-state index < -0.39 is 53.2 Å².